The highest BCUT2D eigenvalue weighted by Crippen LogP contribution is 1.90. The second-order valence-corrected chi connectivity index (χ2v) is 1.42. The predicted octanol–water partition coefficient (Wildman–Crippen LogP) is 0.587. The van der Waals surface area contributed by atoms with Gasteiger partial charge in [0.25, 0.3) is 0 Å². The highest BCUT2D eigenvalue weighted by Gasteiger charge is 2.21. The third-order valence-corrected chi connectivity index (χ3v) is 0.711. The molecule has 0 heterocycles. The Bertz CT molecular complexity index is 162. The van der Waals surface area contributed by atoms with E-state index < -0.39 is 12.9 Å². The SMILES string of the molecule is CO/N=C/C(=N/OC)B(F)F. The number of halogens is 2. The molecular weight excluding hydrogens is 157 g/mol. The lowest BCUT2D eigenvalue weighted by Gasteiger charge is -1.92. The van der Waals surface area contributed by atoms with Crippen LogP contribution in [0.5, 0.6) is 0 Å². The van der Waals surface area contributed by atoms with E-state index in [-0.39, 0.29) is 0 Å². The minimum absolute atomic E-state index is 0.575. The van der Waals surface area contributed by atoms with E-state index in [0.29, 0.717) is 0 Å². The molecule has 0 rings (SSSR count). The molecule has 0 saturated carbocycles. The van der Waals surface area contributed by atoms with Gasteiger partial charge in [0, 0.05) is 0 Å². The standard InChI is InChI=1S/C4H7BF2N2O2/c1-10-8-3-4(5(6)7)9-11-2/h3H,1-2H3/b8-3+,9-4-. The van der Waals surface area contributed by atoms with Gasteiger partial charge in [-0.25, -0.2) is 0 Å². The van der Waals surface area contributed by atoms with Crippen LogP contribution in [0.15, 0.2) is 10.3 Å². The van der Waals surface area contributed by atoms with E-state index in [1.165, 1.54) is 14.2 Å². The molecule has 0 unspecified atom stereocenters. The number of rotatable bonds is 4. The topological polar surface area (TPSA) is 43.2 Å². The van der Waals surface area contributed by atoms with Crippen molar-refractivity contribution in [3.63, 3.8) is 0 Å². The summed E-state index contributed by atoms with van der Waals surface area (Å²) in [5, 5.41) is 6.09. The molecule has 7 heteroatoms. The Morgan fingerprint density at radius 1 is 1.36 bits per heavy atom. The van der Waals surface area contributed by atoms with Crippen molar-refractivity contribution in [1.82, 2.24) is 0 Å². The lowest BCUT2D eigenvalue weighted by Crippen LogP contribution is -2.17. The highest BCUT2D eigenvalue weighted by molar-refractivity contribution is 6.91. The van der Waals surface area contributed by atoms with Gasteiger partial charge in [-0.05, 0) is 0 Å². The van der Waals surface area contributed by atoms with Crippen molar-refractivity contribution in [2.45, 2.75) is 0 Å². The second-order valence-electron chi connectivity index (χ2n) is 1.42. The summed E-state index contributed by atoms with van der Waals surface area (Å²) in [5.74, 6) is 0. The molecule has 0 atom stereocenters. The van der Waals surface area contributed by atoms with E-state index in [4.69, 9.17) is 0 Å². The predicted molar refractivity (Wildman–Crippen MR) is 37.9 cm³/mol. The second kappa shape index (κ2) is 5.63. The van der Waals surface area contributed by atoms with Crippen molar-refractivity contribution in [3.05, 3.63) is 0 Å². The summed E-state index contributed by atoms with van der Waals surface area (Å²) in [4.78, 5) is 8.29. The van der Waals surface area contributed by atoms with Gasteiger partial charge < -0.3 is 9.68 Å². The molecule has 11 heavy (non-hydrogen) atoms. The first-order chi connectivity index (χ1) is 5.22. The minimum atomic E-state index is -2.71. The van der Waals surface area contributed by atoms with Crippen LogP contribution in [0.3, 0.4) is 0 Å². The smallest absolute Gasteiger partial charge is 0.399 e. The summed E-state index contributed by atoms with van der Waals surface area (Å²) in [7, 11) is -0.302. The zero-order chi connectivity index (χ0) is 8.69. The zero-order valence-electron chi connectivity index (χ0n) is 6.12. The molecule has 0 saturated heterocycles. The monoisotopic (exact) mass is 164 g/mol. The molecule has 0 aliphatic rings. The van der Waals surface area contributed by atoms with Gasteiger partial charge in [0.15, 0.2) is 0 Å². The summed E-state index contributed by atoms with van der Waals surface area (Å²) in [6.07, 6.45) is 0.786. The maximum absolute atomic E-state index is 11.9. The van der Waals surface area contributed by atoms with Crippen molar-refractivity contribution in [2.75, 3.05) is 14.2 Å². The highest BCUT2D eigenvalue weighted by atomic mass is 19.2. The quantitative estimate of drug-likeness (QED) is 0.346. The lowest BCUT2D eigenvalue weighted by atomic mass is 9.91. The fraction of sp³-hybridized carbons (Fsp3) is 0.500. The fourth-order valence-corrected chi connectivity index (χ4v) is 0.332. The number of oxime groups is 2. The Kier molecular flexibility index (Phi) is 5.05. The molecule has 0 spiro atoms. The Labute approximate surface area is 63.0 Å². The molecule has 0 amide bonds. The zero-order valence-corrected chi connectivity index (χ0v) is 6.12. The van der Waals surface area contributed by atoms with Crippen LogP contribution in [-0.2, 0) is 9.68 Å². The largest absolute Gasteiger partial charge is 0.595 e. The first kappa shape index (κ1) is 9.86. The molecule has 0 aromatic carbocycles. The van der Waals surface area contributed by atoms with Crippen LogP contribution >= 0.6 is 0 Å². The van der Waals surface area contributed by atoms with Crippen LogP contribution < -0.4 is 0 Å². The van der Waals surface area contributed by atoms with Crippen molar-refractivity contribution in [1.29, 1.82) is 0 Å². The van der Waals surface area contributed by atoms with Crippen molar-refractivity contribution < 1.29 is 18.3 Å². The molecule has 0 aliphatic carbocycles. The van der Waals surface area contributed by atoms with Crippen LogP contribution in [0.25, 0.3) is 0 Å². The normalized spacial score (nSPS) is 11.8. The van der Waals surface area contributed by atoms with Crippen LogP contribution in [0.2, 0.25) is 0 Å². The van der Waals surface area contributed by atoms with Crippen molar-refractivity contribution in [2.24, 2.45) is 10.3 Å². The molecule has 0 fully saturated rings. The number of hydrogen-bond acceptors (Lipinski definition) is 4. The summed E-state index contributed by atoms with van der Waals surface area (Å²) >= 11 is 0. The van der Waals surface area contributed by atoms with Crippen LogP contribution in [0, 0.1) is 0 Å². The Balaban J connectivity index is 4.11. The van der Waals surface area contributed by atoms with Gasteiger partial charge in [-0.15, -0.1) is 0 Å². The third kappa shape index (κ3) is 4.29. The minimum Gasteiger partial charge on any atom is -0.399 e. The molecule has 4 nitrogen and oxygen atoms in total. The van der Waals surface area contributed by atoms with E-state index in [9.17, 15) is 8.63 Å². The molecule has 0 bridgehead atoms. The molecular formula is C4H7BF2N2O2. The molecule has 0 radical (unpaired) electrons. The maximum atomic E-state index is 11.9. The maximum Gasteiger partial charge on any atom is 0.595 e. The summed E-state index contributed by atoms with van der Waals surface area (Å²) < 4.78 is 23.7. The Hall–Kier alpha value is -1.14. The average molecular weight is 164 g/mol. The molecule has 0 aromatic rings. The van der Waals surface area contributed by atoms with Gasteiger partial charge in [-0.3, -0.25) is 8.63 Å². The van der Waals surface area contributed by atoms with Crippen LogP contribution in [0.1, 0.15) is 0 Å². The van der Waals surface area contributed by atoms with E-state index in [0.717, 1.165) is 6.21 Å². The van der Waals surface area contributed by atoms with Crippen molar-refractivity contribution >= 4 is 19.1 Å². The van der Waals surface area contributed by atoms with E-state index in [1.807, 2.05) is 0 Å². The summed E-state index contributed by atoms with van der Waals surface area (Å²) in [5.41, 5.74) is -0.575. The van der Waals surface area contributed by atoms with E-state index >= 15 is 0 Å². The molecule has 0 aliphatic heterocycles. The van der Waals surface area contributed by atoms with E-state index in [2.05, 4.69) is 20.0 Å². The number of nitrogens with zero attached hydrogens (tertiary/aromatic N) is 2. The summed E-state index contributed by atoms with van der Waals surface area (Å²) in [6, 6.07) is 0. The van der Waals surface area contributed by atoms with Gasteiger partial charge in [-0.1, -0.05) is 10.3 Å². The van der Waals surface area contributed by atoms with Crippen LogP contribution in [-0.4, -0.2) is 33.3 Å². The van der Waals surface area contributed by atoms with Gasteiger partial charge in [-0.2, -0.15) is 0 Å². The molecule has 0 N–H and O–H groups in total. The number of hydrogen-bond donors (Lipinski definition) is 0. The first-order valence-electron chi connectivity index (χ1n) is 2.68. The third-order valence-electron chi connectivity index (χ3n) is 0.711. The summed E-state index contributed by atoms with van der Waals surface area (Å²) in [6.45, 7) is 0. The van der Waals surface area contributed by atoms with Crippen LogP contribution in [0.4, 0.5) is 8.63 Å². The molecule has 62 valence electrons. The van der Waals surface area contributed by atoms with Gasteiger partial charge in [0.05, 0.1) is 6.21 Å². The average Bonchev–Trinajstić information content (AvgIpc) is 1.97. The lowest BCUT2D eigenvalue weighted by molar-refractivity contribution is 0.211. The van der Waals surface area contributed by atoms with Gasteiger partial charge >= 0.3 is 7.27 Å². The van der Waals surface area contributed by atoms with Gasteiger partial charge in [0.1, 0.15) is 19.8 Å². The fourth-order valence-electron chi connectivity index (χ4n) is 0.332. The molecule has 0 aromatic heterocycles. The first-order valence-corrected chi connectivity index (χ1v) is 2.68. The van der Waals surface area contributed by atoms with Crippen molar-refractivity contribution in [3.8, 4) is 0 Å². The van der Waals surface area contributed by atoms with Gasteiger partial charge in [0.2, 0.25) is 0 Å². The van der Waals surface area contributed by atoms with E-state index in [1.54, 1.807) is 0 Å². The Morgan fingerprint density at radius 3 is 2.36 bits per heavy atom. The Morgan fingerprint density at radius 2 is 2.00 bits per heavy atom.